The number of likely N-dealkylation sites (N-methyl/N-ethyl adjacent to an activating group) is 1. The summed E-state index contributed by atoms with van der Waals surface area (Å²) in [5.41, 5.74) is 12.8. The van der Waals surface area contributed by atoms with E-state index in [4.69, 9.17) is 0 Å². The lowest BCUT2D eigenvalue weighted by Crippen LogP contribution is -2.46. The van der Waals surface area contributed by atoms with E-state index in [9.17, 15) is 69.2 Å². The van der Waals surface area contributed by atoms with Gasteiger partial charge in [0.05, 0.1) is 97.0 Å². The van der Waals surface area contributed by atoms with Crippen LogP contribution in [0.4, 0.5) is 42.9 Å². The number of carboxylic acids is 1. The molecule has 0 fully saturated rings. The molecule has 20 rings (SSSR count). The molecule has 6 aliphatic rings. The second kappa shape index (κ2) is 34.9. The van der Waals surface area contributed by atoms with E-state index < -0.39 is 90.7 Å². The van der Waals surface area contributed by atoms with Gasteiger partial charge in [0.2, 0.25) is 0 Å². The van der Waals surface area contributed by atoms with Gasteiger partial charge in [-0.1, -0.05) is 134 Å². The van der Waals surface area contributed by atoms with Gasteiger partial charge < -0.3 is 10.0 Å². The summed E-state index contributed by atoms with van der Waals surface area (Å²) in [7, 11) is -11.7. The highest BCUT2D eigenvalue weighted by atomic mass is 32.2. The van der Waals surface area contributed by atoms with E-state index in [0.29, 0.717) is 104 Å². The summed E-state index contributed by atoms with van der Waals surface area (Å²) in [4.78, 5) is 38.9. The zero-order valence-electron chi connectivity index (χ0n) is 68.9. The van der Waals surface area contributed by atoms with Gasteiger partial charge in [0.1, 0.15) is 11.6 Å². The third-order valence-electron chi connectivity index (χ3n) is 22.2. The Balaban J connectivity index is 0.000000118. The molecule has 0 saturated carbocycles. The van der Waals surface area contributed by atoms with Crippen molar-refractivity contribution in [2.24, 2.45) is 0 Å². The van der Waals surface area contributed by atoms with E-state index in [1.807, 2.05) is 173 Å². The van der Waals surface area contributed by atoms with Crippen LogP contribution >= 0.6 is 0 Å². The van der Waals surface area contributed by atoms with Crippen molar-refractivity contribution >= 4 is 167 Å². The first kappa shape index (κ1) is 88.6. The topological polar surface area (TPSA) is 423 Å². The number of halogens is 2. The Kier molecular flexibility index (Phi) is 24.6. The van der Waals surface area contributed by atoms with Gasteiger partial charge in [-0.15, -0.1) is 0 Å². The van der Waals surface area contributed by atoms with Crippen molar-refractivity contribution in [1.29, 1.82) is 0 Å². The number of nitrogens with zero attached hydrogens (tertiary/aromatic N) is 12. The number of aromatic nitrogens is 6. The molecule has 0 spiro atoms. The highest BCUT2D eigenvalue weighted by Crippen LogP contribution is 2.47. The Hall–Kier alpha value is -12.2. The van der Waals surface area contributed by atoms with Gasteiger partial charge in [-0.05, 0) is 128 Å². The fraction of sp³-hybridized carbons (Fsp3) is 0.212. The molecular weight excluding hydrogens is 1740 g/mol. The molecule has 8 N–H and O–H groups in total. The van der Waals surface area contributed by atoms with Gasteiger partial charge in [-0.25, -0.2) is 13.6 Å². The van der Waals surface area contributed by atoms with Crippen molar-refractivity contribution in [3.63, 3.8) is 0 Å². The summed E-state index contributed by atoms with van der Waals surface area (Å²) in [6.07, 6.45) is 10.6. The van der Waals surface area contributed by atoms with Crippen LogP contribution in [0.3, 0.4) is 0 Å². The number of hydrogen-bond acceptors (Lipinski definition) is 20. The van der Waals surface area contributed by atoms with E-state index in [2.05, 4.69) is 63.0 Å². The number of aromatic carboxylic acids is 1. The van der Waals surface area contributed by atoms with Gasteiger partial charge in [-0.2, -0.15) is 76.8 Å². The first-order valence-electron chi connectivity index (χ1n) is 39.1. The van der Waals surface area contributed by atoms with Crippen molar-refractivity contribution in [1.82, 2.24) is 61.1 Å². The molecule has 654 valence electrons. The van der Waals surface area contributed by atoms with Gasteiger partial charge in [0.25, 0.3) is 10.2 Å². The van der Waals surface area contributed by atoms with Crippen LogP contribution in [-0.4, -0.2) is 173 Å². The van der Waals surface area contributed by atoms with E-state index >= 15 is 0 Å². The summed E-state index contributed by atoms with van der Waals surface area (Å²) >= 11 is 0. The van der Waals surface area contributed by atoms with E-state index in [0.717, 1.165) is 83.0 Å². The van der Waals surface area contributed by atoms with E-state index in [1.165, 1.54) is 42.5 Å². The summed E-state index contributed by atoms with van der Waals surface area (Å²) in [5.74, 6) is -2.67. The van der Waals surface area contributed by atoms with Crippen LogP contribution in [0.1, 0.15) is 112 Å². The van der Waals surface area contributed by atoms with Gasteiger partial charge in [0, 0.05) is 134 Å². The average Bonchev–Trinajstić information content (AvgIpc) is 0.737. The molecule has 5 unspecified atom stereocenters. The number of benzene rings is 8. The van der Waals surface area contributed by atoms with Gasteiger partial charge >= 0.3 is 57.0 Å². The first-order valence-corrected chi connectivity index (χ1v) is 47.8. The third-order valence-corrected chi connectivity index (χ3v) is 30.7. The molecule has 126 heavy (non-hydrogen) atoms. The average molecular weight is 1830 g/mol. The molecule has 41 heteroatoms. The first-order chi connectivity index (χ1) is 59.8. The molecule has 0 bridgehead atoms. The SMILES string of the molecule is CC1NS(=O)(=O)Nc2c1ccc1cccnc21.CC1c2ccc3cccnc3c2NS(=O)(=O)N1C.CCC1c2ccc3cccnc3c2NS(=O)(=O)N1C.CN(C)CCN1C(c2ccc(F)cc2)c2ccc3cccnc3c2NS1(=O)=O.CN1C(c2ccc(F)c(C(=O)O)c2)c2ccc3cccnc3c2NS1(=O)=O.CN1Cc2ccc3cccnc3c2NS1(=O)=O. The molecule has 12 heterocycles. The highest BCUT2D eigenvalue weighted by Gasteiger charge is 2.42. The minimum Gasteiger partial charge on any atom is -0.478 e. The van der Waals surface area contributed by atoms with Crippen LogP contribution < -0.4 is 33.1 Å². The second-order valence-electron chi connectivity index (χ2n) is 30.4. The summed E-state index contributed by atoms with van der Waals surface area (Å²) < 4.78 is 198. The molecule has 6 aromatic heterocycles. The predicted octanol–water partition coefficient (Wildman–Crippen LogP) is 12.8. The van der Waals surface area contributed by atoms with Crippen molar-refractivity contribution in [2.75, 3.05) is 83.7 Å². The van der Waals surface area contributed by atoms with Gasteiger partial charge in [-0.3, -0.25) is 58.2 Å². The molecule has 0 aliphatic carbocycles. The number of pyridine rings is 6. The molecule has 5 atom stereocenters. The number of carbonyl (C=O) groups is 1. The summed E-state index contributed by atoms with van der Waals surface area (Å²) in [5, 5.41) is 14.5. The van der Waals surface area contributed by atoms with E-state index in [-0.39, 0.29) is 23.9 Å². The number of nitrogens with one attached hydrogen (secondary N) is 7. The third kappa shape index (κ3) is 17.6. The number of hydrogen-bond donors (Lipinski definition) is 8. The lowest BCUT2D eigenvalue weighted by Gasteiger charge is -2.38. The Labute approximate surface area is 726 Å². The predicted molar refractivity (Wildman–Crippen MR) is 482 cm³/mol. The maximum absolute atomic E-state index is 13.8. The standard InChI is InChI=1S/C20H21FN4O2S.C18H14FN3O4S.C13H15N3O2S.C12H13N3O2S.2C11H11N3O2S/c1-24(2)12-13-25-20(15-5-8-16(21)9-6-15)17-10-7-14-4-3-11-22-18(14)19(17)23-28(25,26)27;1-22-17(11-5-7-14(19)13(9-11)18(23)24)12-6-4-10-3-2-8-20-15(10)16(12)21-27(22,25)26;1-3-11-10-7-6-9-5-4-8-14-12(9)13(10)15-19(17,18)16(11)2;1-8-10-6-5-9-4-3-7-13-11(9)12(10)14-18(16,17)15(8)2;1-14-7-9-5-4-8-3-2-6-12-10(8)11(9)13-17(14,15)16;1-7-9-5-4-8-3-2-6-12-10(8)11(9)14-17(15,16)13-7/h3-11,20,23H,12-13H2,1-2H3;2-9,17,21H,1H3,(H,23,24);4-8,11,15H,3H2,1-2H3;3-8,14H,1-2H3;2-6,13H,7H2,1H3;2-7,13-14H,1H3. The number of rotatable bonds is 7. The lowest BCUT2D eigenvalue weighted by molar-refractivity contribution is 0.0691. The van der Waals surface area contributed by atoms with Crippen molar-refractivity contribution in [3.05, 3.63) is 287 Å². The van der Waals surface area contributed by atoms with Crippen molar-refractivity contribution in [3.8, 4) is 0 Å². The molecule has 0 radical (unpaired) electrons. The smallest absolute Gasteiger partial charge is 0.338 e. The largest absolute Gasteiger partial charge is 0.478 e. The molecule has 14 aromatic rings. The maximum atomic E-state index is 13.8. The van der Waals surface area contributed by atoms with Crippen LogP contribution in [0.15, 0.2) is 225 Å². The Morgan fingerprint density at radius 1 is 0.429 bits per heavy atom. The molecule has 0 saturated heterocycles. The fourth-order valence-corrected chi connectivity index (χ4v) is 22.7. The highest BCUT2D eigenvalue weighted by molar-refractivity contribution is 7.92. The number of anilines is 6. The Bertz CT molecular complexity index is 7410. The molecule has 8 aromatic carbocycles. The lowest BCUT2D eigenvalue weighted by atomic mass is 9.94. The molecule has 33 nitrogen and oxygen atoms in total. The monoisotopic (exact) mass is 1830 g/mol. The number of carboxylic acid groups (broad SMARTS) is 1. The van der Waals surface area contributed by atoms with E-state index in [1.54, 1.807) is 82.6 Å². The zero-order chi connectivity index (χ0) is 89.9. The molecule has 6 aliphatic heterocycles. The fourth-order valence-electron chi connectivity index (χ4n) is 15.7. The summed E-state index contributed by atoms with van der Waals surface area (Å²) in [6, 6.07) is 52.9. The van der Waals surface area contributed by atoms with Crippen LogP contribution in [0.25, 0.3) is 65.4 Å². The molecular formula is C85H85F2N19O14S6. The summed E-state index contributed by atoms with van der Waals surface area (Å²) in [6.45, 7) is 6.88. The minimum absolute atomic E-state index is 0.146. The maximum Gasteiger partial charge on any atom is 0.338 e. The van der Waals surface area contributed by atoms with Crippen LogP contribution in [0.2, 0.25) is 0 Å². The Morgan fingerprint density at radius 3 is 1.28 bits per heavy atom. The normalized spacial score (nSPS) is 20.1. The van der Waals surface area contributed by atoms with Crippen molar-refractivity contribution < 1.29 is 69.2 Å². The second-order valence-corrected chi connectivity index (χ2v) is 40.4. The van der Waals surface area contributed by atoms with Crippen LogP contribution in [-0.2, 0) is 67.8 Å². The van der Waals surface area contributed by atoms with Crippen molar-refractivity contribution in [2.45, 2.75) is 63.9 Å². The van der Waals surface area contributed by atoms with Gasteiger partial charge in [0.15, 0.2) is 0 Å². The van der Waals surface area contributed by atoms with Crippen LogP contribution in [0, 0.1) is 11.6 Å². The zero-order valence-corrected chi connectivity index (χ0v) is 73.8. The van der Waals surface area contributed by atoms with Crippen LogP contribution in [0.5, 0.6) is 0 Å². The Morgan fingerprint density at radius 2 is 0.810 bits per heavy atom. The quantitative estimate of drug-likeness (QED) is 0.0734. The number of fused-ring (bicyclic) bond motifs is 18. The minimum atomic E-state index is -3.90. The molecule has 0 amide bonds.